The molecule has 24 heavy (non-hydrogen) atoms. The van der Waals surface area contributed by atoms with Gasteiger partial charge in [-0.1, -0.05) is 30.1 Å². The molecule has 1 amide bonds. The topological polar surface area (TPSA) is 64.6 Å². The fourth-order valence-corrected chi connectivity index (χ4v) is 2.21. The Balaban J connectivity index is 1.86. The van der Waals surface area contributed by atoms with Gasteiger partial charge in [-0.25, -0.2) is 4.79 Å². The second-order valence-electron chi connectivity index (χ2n) is 4.76. The van der Waals surface area contributed by atoms with Crippen molar-refractivity contribution in [3.63, 3.8) is 0 Å². The molecule has 0 unspecified atom stereocenters. The van der Waals surface area contributed by atoms with Crippen molar-refractivity contribution < 1.29 is 19.1 Å². The van der Waals surface area contributed by atoms with Gasteiger partial charge in [-0.3, -0.25) is 4.79 Å². The SMILES string of the molecule is CCC(=O)Nc1ccc(OC(=O)COc2ccc(Cl)cc2Cl)cc1. The van der Waals surface area contributed by atoms with Crippen molar-refractivity contribution in [3.8, 4) is 11.5 Å². The van der Waals surface area contributed by atoms with Gasteiger partial charge < -0.3 is 14.8 Å². The molecule has 1 N–H and O–H groups in total. The molecule has 0 aromatic heterocycles. The second-order valence-corrected chi connectivity index (χ2v) is 5.61. The van der Waals surface area contributed by atoms with Crippen LogP contribution in [0.1, 0.15) is 13.3 Å². The van der Waals surface area contributed by atoms with Crippen LogP contribution in [0.15, 0.2) is 42.5 Å². The Morgan fingerprint density at radius 2 is 1.79 bits per heavy atom. The molecule has 0 saturated carbocycles. The molecule has 2 rings (SSSR count). The Bertz CT molecular complexity index is 732. The lowest BCUT2D eigenvalue weighted by atomic mass is 10.3. The van der Waals surface area contributed by atoms with Gasteiger partial charge >= 0.3 is 5.97 Å². The molecule has 0 radical (unpaired) electrons. The van der Waals surface area contributed by atoms with E-state index in [2.05, 4.69) is 5.32 Å². The highest BCUT2D eigenvalue weighted by Crippen LogP contribution is 2.27. The van der Waals surface area contributed by atoms with E-state index in [1.165, 1.54) is 6.07 Å². The lowest BCUT2D eigenvalue weighted by molar-refractivity contribution is -0.136. The molecule has 0 bridgehead atoms. The van der Waals surface area contributed by atoms with E-state index < -0.39 is 5.97 Å². The smallest absolute Gasteiger partial charge is 0.349 e. The zero-order valence-corrected chi connectivity index (χ0v) is 14.4. The Morgan fingerprint density at radius 3 is 2.42 bits per heavy atom. The fraction of sp³-hybridized carbons (Fsp3) is 0.176. The summed E-state index contributed by atoms with van der Waals surface area (Å²) in [5, 5.41) is 3.49. The number of anilines is 1. The predicted octanol–water partition coefficient (Wildman–Crippen LogP) is 4.33. The molecule has 0 heterocycles. The summed E-state index contributed by atoms with van der Waals surface area (Å²) in [6.07, 6.45) is 0.390. The van der Waals surface area contributed by atoms with Gasteiger partial charge in [-0.15, -0.1) is 0 Å². The number of amides is 1. The van der Waals surface area contributed by atoms with Gasteiger partial charge in [0.05, 0.1) is 5.02 Å². The number of benzene rings is 2. The van der Waals surface area contributed by atoms with Gasteiger partial charge in [0.1, 0.15) is 11.5 Å². The van der Waals surface area contributed by atoms with Crippen LogP contribution in [-0.4, -0.2) is 18.5 Å². The van der Waals surface area contributed by atoms with E-state index in [1.807, 2.05) is 0 Å². The first-order chi connectivity index (χ1) is 11.5. The Morgan fingerprint density at radius 1 is 1.08 bits per heavy atom. The first-order valence-electron chi connectivity index (χ1n) is 7.16. The fourth-order valence-electron chi connectivity index (χ4n) is 1.75. The molecular weight excluding hydrogens is 353 g/mol. The third-order valence-corrected chi connectivity index (χ3v) is 3.46. The molecule has 0 fully saturated rings. The van der Waals surface area contributed by atoms with E-state index in [-0.39, 0.29) is 12.5 Å². The number of nitrogens with one attached hydrogen (secondary N) is 1. The summed E-state index contributed by atoms with van der Waals surface area (Å²) in [6.45, 7) is 1.47. The van der Waals surface area contributed by atoms with E-state index in [9.17, 15) is 9.59 Å². The zero-order valence-electron chi connectivity index (χ0n) is 12.8. The predicted molar refractivity (Wildman–Crippen MR) is 93.0 cm³/mol. The molecule has 0 spiro atoms. The van der Waals surface area contributed by atoms with Gasteiger partial charge in [-0.2, -0.15) is 0 Å². The summed E-state index contributed by atoms with van der Waals surface area (Å²) >= 11 is 11.7. The van der Waals surface area contributed by atoms with Crippen LogP contribution in [-0.2, 0) is 9.59 Å². The van der Waals surface area contributed by atoms with Crippen molar-refractivity contribution in [2.45, 2.75) is 13.3 Å². The summed E-state index contributed by atoms with van der Waals surface area (Å²) in [5.74, 6) is 0.0234. The lowest BCUT2D eigenvalue weighted by Gasteiger charge is -2.09. The standard InChI is InChI=1S/C17H15Cl2NO4/c1-2-16(21)20-12-4-6-13(7-5-12)24-17(22)10-23-15-8-3-11(18)9-14(15)19/h3-9H,2,10H2,1H3,(H,20,21). The average Bonchev–Trinajstić information content (AvgIpc) is 2.55. The molecule has 0 aliphatic heterocycles. The van der Waals surface area contributed by atoms with E-state index in [4.69, 9.17) is 32.7 Å². The van der Waals surface area contributed by atoms with Crippen LogP contribution in [0.25, 0.3) is 0 Å². The number of rotatable bonds is 6. The van der Waals surface area contributed by atoms with Gasteiger partial charge in [-0.05, 0) is 42.5 Å². The van der Waals surface area contributed by atoms with E-state index in [0.717, 1.165) is 0 Å². The minimum Gasteiger partial charge on any atom is -0.480 e. The maximum Gasteiger partial charge on any atom is 0.349 e. The third kappa shape index (κ3) is 5.44. The highest BCUT2D eigenvalue weighted by atomic mass is 35.5. The summed E-state index contributed by atoms with van der Waals surface area (Å²) in [5.41, 5.74) is 0.630. The normalized spacial score (nSPS) is 10.1. The van der Waals surface area contributed by atoms with Gasteiger partial charge in [0.25, 0.3) is 0 Å². The Labute approximate surface area is 149 Å². The molecule has 2 aromatic rings. The second kappa shape index (κ2) is 8.57. The molecule has 126 valence electrons. The van der Waals surface area contributed by atoms with Crippen LogP contribution in [0.2, 0.25) is 10.0 Å². The zero-order chi connectivity index (χ0) is 17.5. The minimum absolute atomic E-state index is 0.0898. The first kappa shape index (κ1) is 18.1. The van der Waals surface area contributed by atoms with Crippen molar-refractivity contribution in [1.29, 1.82) is 0 Å². The summed E-state index contributed by atoms with van der Waals surface area (Å²) in [4.78, 5) is 23.1. The summed E-state index contributed by atoms with van der Waals surface area (Å²) < 4.78 is 10.4. The largest absolute Gasteiger partial charge is 0.480 e. The van der Waals surface area contributed by atoms with E-state index in [1.54, 1.807) is 43.3 Å². The monoisotopic (exact) mass is 367 g/mol. The first-order valence-corrected chi connectivity index (χ1v) is 7.92. The molecule has 0 aliphatic rings. The highest BCUT2D eigenvalue weighted by molar-refractivity contribution is 6.35. The molecular formula is C17H15Cl2NO4. The van der Waals surface area contributed by atoms with E-state index in [0.29, 0.717) is 33.7 Å². The summed E-state index contributed by atoms with van der Waals surface area (Å²) in [6, 6.07) is 11.2. The van der Waals surface area contributed by atoms with Gasteiger partial charge in [0.2, 0.25) is 5.91 Å². The van der Waals surface area contributed by atoms with Crippen LogP contribution in [0.5, 0.6) is 11.5 Å². The maximum atomic E-state index is 11.8. The molecule has 0 saturated heterocycles. The molecule has 0 atom stereocenters. The molecule has 0 aliphatic carbocycles. The van der Waals surface area contributed by atoms with Crippen molar-refractivity contribution in [2.24, 2.45) is 0 Å². The molecule has 7 heteroatoms. The quantitative estimate of drug-likeness (QED) is 0.609. The van der Waals surface area contributed by atoms with Crippen molar-refractivity contribution in [3.05, 3.63) is 52.5 Å². The van der Waals surface area contributed by atoms with Gasteiger partial charge in [0.15, 0.2) is 6.61 Å². The van der Waals surface area contributed by atoms with Crippen molar-refractivity contribution in [1.82, 2.24) is 0 Å². The van der Waals surface area contributed by atoms with Crippen LogP contribution in [0.4, 0.5) is 5.69 Å². The van der Waals surface area contributed by atoms with Crippen LogP contribution < -0.4 is 14.8 Å². The third-order valence-electron chi connectivity index (χ3n) is 2.93. The number of hydrogen-bond acceptors (Lipinski definition) is 4. The van der Waals surface area contributed by atoms with Crippen molar-refractivity contribution in [2.75, 3.05) is 11.9 Å². The van der Waals surface area contributed by atoms with Crippen LogP contribution in [0, 0.1) is 0 Å². The molecule has 5 nitrogen and oxygen atoms in total. The molecule has 2 aromatic carbocycles. The average molecular weight is 368 g/mol. The Kier molecular flexibility index (Phi) is 6.46. The number of carbonyl (C=O) groups excluding carboxylic acids is 2. The number of carbonyl (C=O) groups is 2. The van der Waals surface area contributed by atoms with Crippen LogP contribution in [0.3, 0.4) is 0 Å². The number of halogens is 2. The number of ether oxygens (including phenoxy) is 2. The van der Waals surface area contributed by atoms with E-state index >= 15 is 0 Å². The number of hydrogen-bond donors (Lipinski definition) is 1. The van der Waals surface area contributed by atoms with Crippen molar-refractivity contribution >= 4 is 40.8 Å². The van der Waals surface area contributed by atoms with Gasteiger partial charge in [0, 0.05) is 17.1 Å². The minimum atomic E-state index is -0.577. The number of esters is 1. The highest BCUT2D eigenvalue weighted by Gasteiger charge is 2.09. The van der Waals surface area contributed by atoms with Crippen LogP contribution >= 0.6 is 23.2 Å². The summed E-state index contributed by atoms with van der Waals surface area (Å²) in [7, 11) is 0. The lowest BCUT2D eigenvalue weighted by Crippen LogP contribution is -2.17. The maximum absolute atomic E-state index is 11.8. The Hall–Kier alpha value is -2.24.